The van der Waals surface area contributed by atoms with Crippen molar-refractivity contribution in [1.29, 1.82) is 0 Å². The first-order chi connectivity index (χ1) is 7.33. The van der Waals surface area contributed by atoms with Gasteiger partial charge in [-0.2, -0.15) is 0 Å². The standard InChI is InChI=1S/C11H18ClN3/c1-3-10(4-2)15(8-6-12)11-5-7-13-9-14-11/h5,7,9-10H,3-4,6,8H2,1-2H3. The Kier molecular flexibility index (Phi) is 5.40. The number of hydrogen-bond acceptors (Lipinski definition) is 3. The highest BCUT2D eigenvalue weighted by Crippen LogP contribution is 2.16. The topological polar surface area (TPSA) is 29.0 Å². The van der Waals surface area contributed by atoms with E-state index < -0.39 is 0 Å². The van der Waals surface area contributed by atoms with Gasteiger partial charge in [0, 0.05) is 24.7 Å². The van der Waals surface area contributed by atoms with Gasteiger partial charge in [-0.1, -0.05) is 13.8 Å². The number of anilines is 1. The average Bonchev–Trinajstić information content (AvgIpc) is 2.30. The molecule has 0 amide bonds. The summed E-state index contributed by atoms with van der Waals surface area (Å²) in [6.07, 6.45) is 5.57. The largest absolute Gasteiger partial charge is 0.352 e. The number of hydrogen-bond donors (Lipinski definition) is 0. The van der Waals surface area contributed by atoms with Crippen LogP contribution in [0.4, 0.5) is 5.82 Å². The Bertz CT molecular complexity index is 262. The van der Waals surface area contributed by atoms with E-state index in [0.29, 0.717) is 11.9 Å². The molecule has 0 unspecified atom stereocenters. The second kappa shape index (κ2) is 6.62. The van der Waals surface area contributed by atoms with E-state index in [1.807, 2.05) is 6.07 Å². The zero-order valence-corrected chi connectivity index (χ0v) is 10.1. The number of alkyl halides is 1. The molecular formula is C11H18ClN3. The molecule has 0 aliphatic heterocycles. The van der Waals surface area contributed by atoms with Crippen molar-refractivity contribution < 1.29 is 0 Å². The van der Waals surface area contributed by atoms with Crippen molar-refractivity contribution in [2.75, 3.05) is 17.3 Å². The van der Waals surface area contributed by atoms with Crippen molar-refractivity contribution >= 4 is 17.4 Å². The molecule has 0 aliphatic rings. The maximum absolute atomic E-state index is 5.82. The Morgan fingerprint density at radius 1 is 1.40 bits per heavy atom. The lowest BCUT2D eigenvalue weighted by Crippen LogP contribution is -2.36. The molecule has 1 aromatic heterocycles. The second-order valence-electron chi connectivity index (χ2n) is 3.42. The number of aromatic nitrogens is 2. The summed E-state index contributed by atoms with van der Waals surface area (Å²) in [5, 5.41) is 0. The zero-order valence-electron chi connectivity index (χ0n) is 9.36. The summed E-state index contributed by atoms with van der Waals surface area (Å²) in [6.45, 7) is 5.22. The van der Waals surface area contributed by atoms with E-state index in [9.17, 15) is 0 Å². The molecule has 0 N–H and O–H groups in total. The maximum Gasteiger partial charge on any atom is 0.132 e. The minimum absolute atomic E-state index is 0.513. The molecule has 15 heavy (non-hydrogen) atoms. The van der Waals surface area contributed by atoms with Crippen molar-refractivity contribution in [1.82, 2.24) is 9.97 Å². The Balaban J connectivity index is 2.81. The molecular weight excluding hydrogens is 210 g/mol. The third-order valence-corrected chi connectivity index (χ3v) is 2.74. The molecule has 1 heterocycles. The summed E-state index contributed by atoms with van der Waals surface area (Å²) in [6, 6.07) is 2.45. The fourth-order valence-electron chi connectivity index (χ4n) is 1.76. The van der Waals surface area contributed by atoms with Gasteiger partial charge in [0.05, 0.1) is 0 Å². The molecule has 0 spiro atoms. The lowest BCUT2D eigenvalue weighted by atomic mass is 10.1. The van der Waals surface area contributed by atoms with Crippen LogP contribution < -0.4 is 4.90 Å². The van der Waals surface area contributed by atoms with Crippen molar-refractivity contribution in [2.24, 2.45) is 0 Å². The predicted molar refractivity (Wildman–Crippen MR) is 64.5 cm³/mol. The van der Waals surface area contributed by atoms with Crippen molar-refractivity contribution in [2.45, 2.75) is 32.7 Å². The van der Waals surface area contributed by atoms with E-state index in [0.717, 1.165) is 25.2 Å². The normalized spacial score (nSPS) is 10.7. The van der Waals surface area contributed by atoms with E-state index in [2.05, 4.69) is 28.7 Å². The molecule has 0 radical (unpaired) electrons. The minimum Gasteiger partial charge on any atom is -0.352 e. The van der Waals surface area contributed by atoms with Gasteiger partial charge < -0.3 is 4.90 Å². The van der Waals surface area contributed by atoms with Gasteiger partial charge in [0.1, 0.15) is 12.1 Å². The Morgan fingerprint density at radius 3 is 2.60 bits per heavy atom. The zero-order chi connectivity index (χ0) is 11.1. The second-order valence-corrected chi connectivity index (χ2v) is 3.80. The van der Waals surface area contributed by atoms with E-state index in [4.69, 9.17) is 11.6 Å². The van der Waals surface area contributed by atoms with E-state index in [-0.39, 0.29) is 0 Å². The van der Waals surface area contributed by atoms with Gasteiger partial charge in [0.15, 0.2) is 0 Å². The summed E-state index contributed by atoms with van der Waals surface area (Å²) in [5.74, 6) is 1.60. The van der Waals surface area contributed by atoms with E-state index in [1.54, 1.807) is 12.5 Å². The Hall–Kier alpha value is -0.830. The first kappa shape index (κ1) is 12.2. The molecule has 0 aliphatic carbocycles. The van der Waals surface area contributed by atoms with Gasteiger partial charge in [0.2, 0.25) is 0 Å². The fourth-order valence-corrected chi connectivity index (χ4v) is 1.94. The third kappa shape index (κ3) is 3.34. The monoisotopic (exact) mass is 227 g/mol. The summed E-state index contributed by atoms with van der Waals surface area (Å²) >= 11 is 5.82. The lowest BCUT2D eigenvalue weighted by molar-refractivity contribution is 0.562. The predicted octanol–water partition coefficient (Wildman–Crippen LogP) is 2.71. The van der Waals surface area contributed by atoms with Gasteiger partial charge in [-0.05, 0) is 18.9 Å². The molecule has 0 fully saturated rings. The van der Waals surface area contributed by atoms with Crippen LogP contribution in [0.15, 0.2) is 18.6 Å². The van der Waals surface area contributed by atoms with E-state index >= 15 is 0 Å². The van der Waals surface area contributed by atoms with Gasteiger partial charge in [-0.15, -0.1) is 11.6 Å². The first-order valence-electron chi connectivity index (χ1n) is 5.42. The van der Waals surface area contributed by atoms with Crippen molar-refractivity contribution in [3.63, 3.8) is 0 Å². The molecule has 0 aromatic carbocycles. The van der Waals surface area contributed by atoms with Crippen LogP contribution in [-0.2, 0) is 0 Å². The molecule has 1 rings (SSSR count). The van der Waals surface area contributed by atoms with Crippen LogP contribution in [0, 0.1) is 0 Å². The van der Waals surface area contributed by atoms with Crippen molar-refractivity contribution in [3.05, 3.63) is 18.6 Å². The Labute approximate surface area is 96.5 Å². The molecule has 0 saturated carbocycles. The fraction of sp³-hybridized carbons (Fsp3) is 0.636. The third-order valence-electron chi connectivity index (χ3n) is 2.57. The highest BCUT2D eigenvalue weighted by atomic mass is 35.5. The van der Waals surface area contributed by atoms with Crippen LogP contribution >= 0.6 is 11.6 Å². The van der Waals surface area contributed by atoms with Gasteiger partial charge in [-0.25, -0.2) is 9.97 Å². The molecule has 0 bridgehead atoms. The van der Waals surface area contributed by atoms with Crippen molar-refractivity contribution in [3.8, 4) is 0 Å². The van der Waals surface area contributed by atoms with Crippen LogP contribution in [0.1, 0.15) is 26.7 Å². The first-order valence-corrected chi connectivity index (χ1v) is 5.95. The molecule has 84 valence electrons. The SMILES string of the molecule is CCC(CC)N(CCCl)c1ccncn1. The number of halogens is 1. The highest BCUT2D eigenvalue weighted by molar-refractivity contribution is 6.18. The molecule has 4 heteroatoms. The van der Waals surface area contributed by atoms with Crippen LogP contribution in [0.3, 0.4) is 0 Å². The van der Waals surface area contributed by atoms with Crippen LogP contribution in [0.2, 0.25) is 0 Å². The maximum atomic E-state index is 5.82. The summed E-state index contributed by atoms with van der Waals surface area (Å²) < 4.78 is 0. The number of rotatable bonds is 6. The highest BCUT2D eigenvalue weighted by Gasteiger charge is 2.15. The van der Waals surface area contributed by atoms with Gasteiger partial charge in [-0.3, -0.25) is 0 Å². The molecule has 0 saturated heterocycles. The summed E-state index contributed by atoms with van der Waals surface area (Å²) in [4.78, 5) is 10.5. The molecule has 3 nitrogen and oxygen atoms in total. The van der Waals surface area contributed by atoms with Gasteiger partial charge >= 0.3 is 0 Å². The van der Waals surface area contributed by atoms with Gasteiger partial charge in [0.25, 0.3) is 0 Å². The van der Waals surface area contributed by atoms with E-state index in [1.165, 1.54) is 0 Å². The average molecular weight is 228 g/mol. The summed E-state index contributed by atoms with van der Waals surface area (Å²) in [7, 11) is 0. The number of nitrogens with zero attached hydrogens (tertiary/aromatic N) is 3. The van der Waals surface area contributed by atoms with Crippen LogP contribution in [0.5, 0.6) is 0 Å². The lowest BCUT2D eigenvalue weighted by Gasteiger charge is -2.30. The Morgan fingerprint density at radius 2 is 2.13 bits per heavy atom. The minimum atomic E-state index is 0.513. The van der Waals surface area contributed by atoms with Crippen LogP contribution in [-0.4, -0.2) is 28.4 Å². The summed E-state index contributed by atoms with van der Waals surface area (Å²) in [5.41, 5.74) is 0. The van der Waals surface area contributed by atoms with Crippen LogP contribution in [0.25, 0.3) is 0 Å². The molecule has 0 atom stereocenters. The molecule has 1 aromatic rings. The smallest absolute Gasteiger partial charge is 0.132 e. The quantitative estimate of drug-likeness (QED) is 0.700.